The van der Waals surface area contributed by atoms with Crippen LogP contribution in [-0.4, -0.2) is 44.4 Å². The summed E-state index contributed by atoms with van der Waals surface area (Å²) < 4.78 is 34.0. The molecule has 17 heavy (non-hydrogen) atoms. The van der Waals surface area contributed by atoms with Gasteiger partial charge in [0.1, 0.15) is 0 Å². The van der Waals surface area contributed by atoms with Crippen LogP contribution >= 0.6 is 11.3 Å². The van der Waals surface area contributed by atoms with Crippen LogP contribution in [-0.2, 0) is 14.9 Å². The molecular formula is C9H13NO5S2. The number of hydrogen-bond acceptors (Lipinski definition) is 5. The predicted molar refractivity (Wildman–Crippen MR) is 63.9 cm³/mol. The molecule has 0 unspecified atom stereocenters. The van der Waals surface area contributed by atoms with Gasteiger partial charge in [-0.15, -0.1) is 0 Å². The van der Waals surface area contributed by atoms with Crippen LogP contribution in [0.3, 0.4) is 0 Å². The van der Waals surface area contributed by atoms with E-state index in [4.69, 9.17) is 9.29 Å². The van der Waals surface area contributed by atoms with Gasteiger partial charge in [-0.3, -0.25) is 9.35 Å². The fraction of sp³-hybridized carbons (Fsp3) is 0.444. The molecule has 0 aliphatic rings. The van der Waals surface area contributed by atoms with Crippen LogP contribution in [0.5, 0.6) is 0 Å². The van der Waals surface area contributed by atoms with E-state index in [-0.39, 0.29) is 19.1 Å². The number of carbonyl (C=O) groups is 1. The number of hydrogen-bond donors (Lipinski definition) is 2. The van der Waals surface area contributed by atoms with Gasteiger partial charge in [0, 0.05) is 17.5 Å². The predicted octanol–water partition coefficient (Wildman–Crippen LogP) is 0.382. The number of nitrogens with one attached hydrogen (secondary N) is 1. The molecule has 1 aromatic heterocycles. The molecular weight excluding hydrogens is 266 g/mol. The van der Waals surface area contributed by atoms with E-state index in [2.05, 4.69) is 5.32 Å². The molecule has 0 bridgehead atoms. The second-order valence-electron chi connectivity index (χ2n) is 3.17. The van der Waals surface area contributed by atoms with Crippen molar-refractivity contribution in [1.29, 1.82) is 0 Å². The lowest BCUT2D eigenvalue weighted by atomic mass is 10.3. The smallest absolute Gasteiger partial charge is 0.267 e. The summed E-state index contributed by atoms with van der Waals surface area (Å²) in [5, 5.41) is 6.15. The van der Waals surface area contributed by atoms with Gasteiger partial charge in [0.2, 0.25) is 0 Å². The highest BCUT2D eigenvalue weighted by Gasteiger charge is 2.05. The van der Waals surface area contributed by atoms with Gasteiger partial charge in [0.25, 0.3) is 16.0 Å². The lowest BCUT2D eigenvalue weighted by Crippen LogP contribution is -2.27. The fourth-order valence-corrected chi connectivity index (χ4v) is 1.96. The Balaban J connectivity index is 2.07. The molecule has 6 nitrogen and oxygen atoms in total. The van der Waals surface area contributed by atoms with Crippen LogP contribution in [0, 0.1) is 0 Å². The number of ether oxygens (including phenoxy) is 1. The van der Waals surface area contributed by atoms with Crippen LogP contribution in [0.2, 0.25) is 0 Å². The normalized spacial score (nSPS) is 11.4. The van der Waals surface area contributed by atoms with E-state index >= 15 is 0 Å². The van der Waals surface area contributed by atoms with Crippen molar-refractivity contribution in [3.8, 4) is 0 Å². The average molecular weight is 279 g/mol. The third kappa shape index (κ3) is 6.37. The van der Waals surface area contributed by atoms with Crippen molar-refractivity contribution in [3.05, 3.63) is 22.4 Å². The largest absolute Gasteiger partial charge is 0.378 e. The molecule has 0 saturated carbocycles. The minimum Gasteiger partial charge on any atom is -0.378 e. The molecule has 1 rings (SSSR count). The minimum absolute atomic E-state index is 0.0901. The highest BCUT2D eigenvalue weighted by Crippen LogP contribution is 2.04. The first-order chi connectivity index (χ1) is 7.99. The van der Waals surface area contributed by atoms with Gasteiger partial charge in [-0.1, -0.05) is 0 Å². The first-order valence-electron chi connectivity index (χ1n) is 4.82. The lowest BCUT2D eigenvalue weighted by Gasteiger charge is -2.04. The van der Waals surface area contributed by atoms with E-state index in [1.807, 2.05) is 0 Å². The van der Waals surface area contributed by atoms with Crippen molar-refractivity contribution in [2.75, 3.05) is 25.5 Å². The van der Waals surface area contributed by atoms with Gasteiger partial charge < -0.3 is 10.1 Å². The van der Waals surface area contributed by atoms with Crippen molar-refractivity contribution < 1.29 is 22.5 Å². The van der Waals surface area contributed by atoms with Crippen molar-refractivity contribution in [3.63, 3.8) is 0 Å². The Morgan fingerprint density at radius 2 is 2.24 bits per heavy atom. The molecule has 0 radical (unpaired) electrons. The summed E-state index contributed by atoms with van der Waals surface area (Å²) in [6.07, 6.45) is 0. The van der Waals surface area contributed by atoms with Crippen molar-refractivity contribution in [1.82, 2.24) is 5.32 Å². The summed E-state index contributed by atoms with van der Waals surface area (Å²) in [4.78, 5) is 11.4. The summed E-state index contributed by atoms with van der Waals surface area (Å²) in [6.45, 7) is 0.401. The van der Waals surface area contributed by atoms with Gasteiger partial charge in [-0.2, -0.15) is 19.8 Å². The Kier molecular flexibility index (Phi) is 5.56. The van der Waals surface area contributed by atoms with E-state index in [0.717, 1.165) is 0 Å². The Morgan fingerprint density at radius 3 is 2.82 bits per heavy atom. The second-order valence-corrected chi connectivity index (χ2v) is 5.52. The van der Waals surface area contributed by atoms with E-state index < -0.39 is 15.9 Å². The molecule has 0 aliphatic carbocycles. The molecule has 1 aromatic rings. The first-order valence-corrected chi connectivity index (χ1v) is 7.37. The molecule has 1 heterocycles. The van der Waals surface area contributed by atoms with Crippen molar-refractivity contribution >= 4 is 27.4 Å². The SMILES string of the molecule is O=C(NCCOCCS(=O)(=O)O)c1ccsc1. The Bertz CT molecular complexity index is 440. The Labute approximate surface area is 103 Å². The maximum atomic E-state index is 11.4. The summed E-state index contributed by atoms with van der Waals surface area (Å²) in [6, 6.07) is 1.71. The van der Waals surface area contributed by atoms with Gasteiger partial charge in [-0.05, 0) is 11.4 Å². The van der Waals surface area contributed by atoms with E-state index in [1.54, 1.807) is 16.8 Å². The van der Waals surface area contributed by atoms with E-state index in [0.29, 0.717) is 12.1 Å². The molecule has 0 aliphatic heterocycles. The Hall–Kier alpha value is -0.960. The fourth-order valence-electron chi connectivity index (χ4n) is 0.999. The lowest BCUT2D eigenvalue weighted by molar-refractivity contribution is 0.0923. The zero-order chi connectivity index (χ0) is 12.7. The summed E-state index contributed by atoms with van der Waals surface area (Å²) in [5.41, 5.74) is 0.591. The molecule has 0 saturated heterocycles. The number of thiophene rings is 1. The van der Waals surface area contributed by atoms with Gasteiger partial charge in [-0.25, -0.2) is 0 Å². The summed E-state index contributed by atoms with van der Waals surface area (Å²) in [5.74, 6) is -0.629. The third-order valence-corrected chi connectivity index (χ3v) is 3.17. The molecule has 2 N–H and O–H groups in total. The van der Waals surface area contributed by atoms with Crippen LogP contribution in [0.1, 0.15) is 10.4 Å². The highest BCUT2D eigenvalue weighted by molar-refractivity contribution is 7.85. The zero-order valence-electron chi connectivity index (χ0n) is 8.96. The second kappa shape index (κ2) is 6.70. The van der Waals surface area contributed by atoms with Crippen LogP contribution in [0.4, 0.5) is 0 Å². The van der Waals surface area contributed by atoms with Gasteiger partial charge >= 0.3 is 0 Å². The molecule has 0 aromatic carbocycles. The maximum Gasteiger partial charge on any atom is 0.267 e. The van der Waals surface area contributed by atoms with E-state index in [1.165, 1.54) is 11.3 Å². The van der Waals surface area contributed by atoms with Gasteiger partial charge in [0.15, 0.2) is 0 Å². The van der Waals surface area contributed by atoms with Crippen LogP contribution in [0.25, 0.3) is 0 Å². The van der Waals surface area contributed by atoms with Gasteiger partial charge in [0.05, 0.1) is 19.0 Å². The molecule has 0 atom stereocenters. The topological polar surface area (TPSA) is 92.7 Å². The maximum absolute atomic E-state index is 11.4. The summed E-state index contributed by atoms with van der Waals surface area (Å²) in [7, 11) is -3.97. The number of rotatable bonds is 7. The van der Waals surface area contributed by atoms with E-state index in [9.17, 15) is 13.2 Å². The summed E-state index contributed by atoms with van der Waals surface area (Å²) >= 11 is 1.43. The van der Waals surface area contributed by atoms with Crippen molar-refractivity contribution in [2.45, 2.75) is 0 Å². The molecule has 96 valence electrons. The highest BCUT2D eigenvalue weighted by atomic mass is 32.2. The quantitative estimate of drug-likeness (QED) is 0.556. The van der Waals surface area contributed by atoms with Crippen LogP contribution < -0.4 is 5.32 Å². The number of amides is 1. The zero-order valence-corrected chi connectivity index (χ0v) is 10.6. The molecule has 0 fully saturated rings. The monoisotopic (exact) mass is 279 g/mol. The standard InChI is InChI=1S/C9H13NO5S2/c11-9(8-1-5-16-7-8)10-2-3-15-4-6-17(12,13)14/h1,5,7H,2-4,6H2,(H,10,11)(H,12,13,14). The molecule has 8 heteroatoms. The third-order valence-electron chi connectivity index (χ3n) is 1.80. The average Bonchev–Trinajstić information content (AvgIpc) is 2.74. The Morgan fingerprint density at radius 1 is 1.47 bits per heavy atom. The van der Waals surface area contributed by atoms with Crippen LogP contribution in [0.15, 0.2) is 16.8 Å². The molecule has 0 spiro atoms. The number of carbonyl (C=O) groups excluding carboxylic acids is 1. The molecule has 1 amide bonds. The van der Waals surface area contributed by atoms with Crippen molar-refractivity contribution in [2.24, 2.45) is 0 Å². The minimum atomic E-state index is -3.97. The first kappa shape index (κ1) is 14.1.